The van der Waals surface area contributed by atoms with E-state index in [1.54, 1.807) is 4.90 Å². The third kappa shape index (κ3) is 2.34. The molecule has 3 aromatic carbocycles. The van der Waals surface area contributed by atoms with Crippen molar-refractivity contribution in [2.75, 3.05) is 4.90 Å². The highest BCUT2D eigenvalue weighted by molar-refractivity contribution is 6.14. The highest BCUT2D eigenvalue weighted by atomic mass is 16.1. The Labute approximate surface area is 135 Å². The third-order valence-corrected chi connectivity index (χ3v) is 4.02. The number of hydrogen-bond acceptors (Lipinski definition) is 1. The Balaban J connectivity index is 1.94. The zero-order valence-electron chi connectivity index (χ0n) is 12.5. The summed E-state index contributed by atoms with van der Waals surface area (Å²) in [6.07, 6.45) is 4.12. The lowest BCUT2D eigenvalue weighted by Crippen LogP contribution is -2.26. The molecule has 0 fully saturated rings. The predicted octanol–water partition coefficient (Wildman–Crippen LogP) is 5.15. The van der Waals surface area contributed by atoms with Crippen molar-refractivity contribution in [1.29, 1.82) is 0 Å². The largest absolute Gasteiger partial charge is 0.276 e. The van der Waals surface area contributed by atoms with Crippen molar-refractivity contribution in [3.05, 3.63) is 95.6 Å². The molecule has 0 aliphatic carbocycles. The molecule has 0 unspecified atom stereocenters. The van der Waals surface area contributed by atoms with Crippen molar-refractivity contribution in [3.63, 3.8) is 0 Å². The highest BCUT2D eigenvalue weighted by Gasteiger charge is 2.24. The summed E-state index contributed by atoms with van der Waals surface area (Å²) in [4.78, 5) is 15.0. The third-order valence-electron chi connectivity index (χ3n) is 4.02. The van der Waals surface area contributed by atoms with Crippen molar-refractivity contribution >= 4 is 29.4 Å². The number of amides is 1. The van der Waals surface area contributed by atoms with Gasteiger partial charge in [0.05, 0.1) is 11.4 Å². The van der Waals surface area contributed by atoms with Gasteiger partial charge in [0.2, 0.25) is 0 Å². The molecule has 0 aromatic heterocycles. The maximum Gasteiger partial charge on any atom is 0.262 e. The fraction of sp³-hybridized carbons (Fsp3) is 0. The van der Waals surface area contributed by atoms with Crippen molar-refractivity contribution < 1.29 is 4.79 Å². The molecule has 0 saturated carbocycles. The first-order valence-electron chi connectivity index (χ1n) is 7.60. The van der Waals surface area contributed by atoms with Crippen LogP contribution in [0.3, 0.4) is 0 Å². The summed E-state index contributed by atoms with van der Waals surface area (Å²) in [5, 5.41) is 0. The Morgan fingerprint density at radius 3 is 1.65 bits per heavy atom. The van der Waals surface area contributed by atoms with Crippen molar-refractivity contribution in [2.45, 2.75) is 0 Å². The number of benzene rings is 3. The fourth-order valence-electron chi connectivity index (χ4n) is 2.90. The van der Waals surface area contributed by atoms with Crippen molar-refractivity contribution in [3.8, 4) is 0 Å². The number of para-hydroxylation sites is 2. The van der Waals surface area contributed by atoms with Crippen LogP contribution in [0.1, 0.15) is 21.5 Å². The van der Waals surface area contributed by atoms with Gasteiger partial charge in [-0.2, -0.15) is 0 Å². The molecule has 0 N–H and O–H groups in total. The highest BCUT2D eigenvalue weighted by Crippen LogP contribution is 2.37. The van der Waals surface area contributed by atoms with E-state index in [1.165, 1.54) is 0 Å². The standard InChI is InChI=1S/C21H15NO/c23-21(18-10-2-1-3-11-18)22-19-12-6-4-8-16(19)14-15-17-9-5-7-13-20(17)22/h1-15H/i21-1. The average Bonchev–Trinajstić information content (AvgIpc) is 2.79. The van der Waals surface area contributed by atoms with Gasteiger partial charge in [-0.1, -0.05) is 66.7 Å². The van der Waals surface area contributed by atoms with E-state index < -0.39 is 0 Å². The summed E-state index contributed by atoms with van der Waals surface area (Å²) >= 11 is 0. The van der Waals surface area contributed by atoms with Gasteiger partial charge >= 0.3 is 0 Å². The molecule has 1 heterocycles. The number of carbonyl (C=O) groups excluding carboxylic acids is 1. The minimum atomic E-state index is -0.0193. The Bertz CT molecular complexity index is 847. The zero-order chi connectivity index (χ0) is 15.6. The molecule has 0 saturated heterocycles. The van der Waals surface area contributed by atoms with Crippen LogP contribution in [0.2, 0.25) is 0 Å². The second kappa shape index (κ2) is 5.58. The van der Waals surface area contributed by atoms with Crippen LogP contribution >= 0.6 is 0 Å². The van der Waals surface area contributed by atoms with E-state index in [0.29, 0.717) is 5.56 Å². The van der Waals surface area contributed by atoms with Crippen LogP contribution in [-0.4, -0.2) is 5.91 Å². The molecule has 110 valence electrons. The van der Waals surface area contributed by atoms with Gasteiger partial charge in [0.25, 0.3) is 5.91 Å². The first-order valence-corrected chi connectivity index (χ1v) is 7.60. The maximum atomic E-state index is 13.2. The van der Waals surface area contributed by atoms with Crippen molar-refractivity contribution in [2.24, 2.45) is 0 Å². The molecule has 0 atom stereocenters. The predicted molar refractivity (Wildman–Crippen MR) is 94.7 cm³/mol. The van der Waals surface area contributed by atoms with Gasteiger partial charge in [-0.05, 0) is 35.4 Å². The van der Waals surface area contributed by atoms with Gasteiger partial charge < -0.3 is 0 Å². The fourth-order valence-corrected chi connectivity index (χ4v) is 2.90. The van der Waals surface area contributed by atoms with Crippen LogP contribution in [-0.2, 0) is 0 Å². The van der Waals surface area contributed by atoms with E-state index in [-0.39, 0.29) is 5.91 Å². The molecule has 2 heteroatoms. The van der Waals surface area contributed by atoms with Crippen LogP contribution in [0.4, 0.5) is 11.4 Å². The molecule has 2 nitrogen and oxygen atoms in total. The molecular formula is C21H15NO. The Hall–Kier alpha value is -3.13. The molecule has 4 rings (SSSR count). The van der Waals surface area contributed by atoms with E-state index in [9.17, 15) is 4.79 Å². The molecule has 3 aromatic rings. The van der Waals surface area contributed by atoms with Crippen LogP contribution in [0, 0.1) is 0 Å². The first kappa shape index (κ1) is 13.5. The molecule has 1 amide bonds. The number of carbonyl (C=O) groups is 1. The second-order valence-corrected chi connectivity index (χ2v) is 5.46. The Kier molecular flexibility index (Phi) is 3.28. The zero-order valence-corrected chi connectivity index (χ0v) is 12.5. The summed E-state index contributed by atoms with van der Waals surface area (Å²) in [5.74, 6) is -0.0193. The molecule has 23 heavy (non-hydrogen) atoms. The minimum absolute atomic E-state index is 0.0193. The topological polar surface area (TPSA) is 20.3 Å². The normalized spacial score (nSPS) is 12.3. The number of anilines is 2. The lowest BCUT2D eigenvalue weighted by atomic mass is 9.84. The molecule has 1 aliphatic heterocycles. The van der Waals surface area contributed by atoms with Crippen LogP contribution in [0.5, 0.6) is 0 Å². The number of rotatable bonds is 1. The molecule has 0 radical (unpaired) electrons. The van der Waals surface area contributed by atoms with E-state index in [2.05, 4.69) is 12.2 Å². The van der Waals surface area contributed by atoms with E-state index >= 15 is 0 Å². The second-order valence-electron chi connectivity index (χ2n) is 5.46. The Morgan fingerprint density at radius 2 is 1.09 bits per heavy atom. The molecular weight excluding hydrogens is 281 g/mol. The first-order chi connectivity index (χ1) is 11.3. The molecule has 0 spiro atoms. The summed E-state index contributed by atoms with van der Waals surface area (Å²) in [6, 6.07) is 25.4. The summed E-state index contributed by atoms with van der Waals surface area (Å²) in [7, 11) is 0. The van der Waals surface area contributed by atoms with Crippen molar-refractivity contribution in [1.82, 2.24) is 0 Å². The van der Waals surface area contributed by atoms with Gasteiger partial charge in [0.1, 0.15) is 0 Å². The quantitative estimate of drug-likeness (QED) is 0.608. The minimum Gasteiger partial charge on any atom is -0.276 e. The van der Waals surface area contributed by atoms with Crippen LogP contribution in [0.25, 0.3) is 12.2 Å². The number of fused-ring (bicyclic) bond motifs is 2. The summed E-state index contributed by atoms with van der Waals surface area (Å²) in [6.45, 7) is 0. The SMILES string of the molecule is O=[11C](c1ccccc1)N1c2ccccc2C=Cc2ccccc21. The summed E-state index contributed by atoms with van der Waals surface area (Å²) < 4.78 is 0. The maximum absolute atomic E-state index is 13.2. The van der Waals surface area contributed by atoms with E-state index in [0.717, 1.165) is 22.5 Å². The number of nitrogens with zero attached hydrogens (tertiary/aromatic N) is 1. The molecule has 0 bridgehead atoms. The van der Waals surface area contributed by atoms with Crippen LogP contribution in [0.15, 0.2) is 78.9 Å². The lowest BCUT2D eigenvalue weighted by molar-refractivity contribution is 0.0999. The van der Waals surface area contributed by atoms with Gasteiger partial charge in [-0.15, -0.1) is 0 Å². The van der Waals surface area contributed by atoms with Gasteiger partial charge in [-0.3, -0.25) is 9.69 Å². The van der Waals surface area contributed by atoms with E-state index in [1.807, 2.05) is 78.9 Å². The van der Waals surface area contributed by atoms with E-state index in [4.69, 9.17) is 0 Å². The number of hydrogen-bond donors (Lipinski definition) is 0. The Morgan fingerprint density at radius 1 is 0.609 bits per heavy atom. The smallest absolute Gasteiger partial charge is 0.262 e. The van der Waals surface area contributed by atoms with Crippen LogP contribution < -0.4 is 4.90 Å². The van der Waals surface area contributed by atoms with Gasteiger partial charge in [0.15, 0.2) is 0 Å². The summed E-state index contributed by atoms with van der Waals surface area (Å²) in [5.41, 5.74) is 4.56. The lowest BCUT2D eigenvalue weighted by Gasteiger charge is -2.25. The molecule has 1 aliphatic rings. The van der Waals surface area contributed by atoms with Gasteiger partial charge in [-0.25, -0.2) is 0 Å². The van der Waals surface area contributed by atoms with Gasteiger partial charge in [0, 0.05) is 5.56 Å². The average molecular weight is 296 g/mol. The monoisotopic (exact) mass is 296 g/mol.